The summed E-state index contributed by atoms with van der Waals surface area (Å²) in [5.41, 5.74) is -1.03. The second kappa shape index (κ2) is 7.30. The van der Waals surface area contributed by atoms with Gasteiger partial charge in [0.25, 0.3) is 5.91 Å². The van der Waals surface area contributed by atoms with Crippen LogP contribution in [0.1, 0.15) is 49.5 Å². The van der Waals surface area contributed by atoms with Crippen LogP contribution in [-0.2, 0) is 9.53 Å². The Morgan fingerprint density at radius 2 is 2.04 bits per heavy atom. The Kier molecular flexibility index (Phi) is 5.39. The molecule has 1 aromatic heterocycles. The molecule has 0 spiro atoms. The molecule has 128 valence electrons. The molecule has 1 amide bonds. The molecule has 0 bridgehead atoms. The molecule has 0 unspecified atom stereocenters. The smallest absolute Gasteiger partial charge is 0.405 e. The molecular weight excluding hydrogens is 310 g/mol. The fourth-order valence-electron chi connectivity index (χ4n) is 3.00. The van der Waals surface area contributed by atoms with E-state index in [0.717, 1.165) is 19.3 Å². The summed E-state index contributed by atoms with van der Waals surface area (Å²) < 4.78 is 5.51. The Labute approximate surface area is 141 Å². The van der Waals surface area contributed by atoms with Crippen LogP contribution in [0.25, 0.3) is 0 Å². The van der Waals surface area contributed by atoms with Gasteiger partial charge >= 0.3 is 11.7 Å². The van der Waals surface area contributed by atoms with Crippen molar-refractivity contribution in [3.63, 3.8) is 0 Å². The lowest BCUT2D eigenvalue weighted by atomic mass is 9.81. The fourth-order valence-corrected chi connectivity index (χ4v) is 3.00. The third-order valence-electron chi connectivity index (χ3n) is 4.53. The quantitative estimate of drug-likeness (QED) is 0.474. The number of nitrogens with zero attached hydrogens (tertiary/aromatic N) is 3. The molecule has 0 aliphatic heterocycles. The van der Waals surface area contributed by atoms with Gasteiger partial charge in [0, 0.05) is 19.2 Å². The molecule has 1 aromatic rings. The molecule has 0 N–H and O–H groups in total. The van der Waals surface area contributed by atoms with Gasteiger partial charge in [-0.3, -0.25) is 4.79 Å². The van der Waals surface area contributed by atoms with Crippen LogP contribution in [-0.4, -0.2) is 35.5 Å². The van der Waals surface area contributed by atoms with E-state index in [0.29, 0.717) is 17.6 Å². The van der Waals surface area contributed by atoms with Crippen LogP contribution in [0, 0.1) is 16.5 Å². The molecule has 7 nitrogen and oxygen atoms in total. The van der Waals surface area contributed by atoms with Crippen molar-refractivity contribution in [2.75, 3.05) is 7.05 Å². The Hall–Kier alpha value is -2.62. The summed E-state index contributed by atoms with van der Waals surface area (Å²) in [5.74, 6) is -1.31. The van der Waals surface area contributed by atoms with Crippen molar-refractivity contribution in [3.8, 4) is 6.07 Å². The summed E-state index contributed by atoms with van der Waals surface area (Å²) in [4.78, 5) is 26.0. The van der Waals surface area contributed by atoms with Crippen molar-refractivity contribution in [1.29, 1.82) is 5.26 Å². The number of ether oxygens (including phenoxy) is 1. The van der Waals surface area contributed by atoms with Crippen molar-refractivity contribution in [3.05, 3.63) is 35.3 Å². The molecule has 1 aliphatic carbocycles. The summed E-state index contributed by atoms with van der Waals surface area (Å²) >= 11 is 0. The van der Waals surface area contributed by atoms with E-state index in [1.165, 1.54) is 36.2 Å². The molecule has 7 heteroatoms. The molecule has 2 rings (SSSR count). The molecule has 0 saturated heterocycles. The number of esters is 1. The van der Waals surface area contributed by atoms with E-state index in [2.05, 4.69) is 6.07 Å². The van der Waals surface area contributed by atoms with Gasteiger partial charge in [0.05, 0.1) is 6.07 Å². The van der Waals surface area contributed by atoms with Crippen LogP contribution in [0.15, 0.2) is 24.4 Å². The minimum Gasteiger partial charge on any atom is -0.618 e. The average Bonchev–Trinajstić information content (AvgIpc) is 2.61. The SMILES string of the molecule is C[C@@H](OC(=O)c1cccc[n+]1[O-])C(=O)N(C)C1(C#N)CCCCC1. The monoisotopic (exact) mass is 331 g/mol. The Morgan fingerprint density at radius 3 is 2.62 bits per heavy atom. The van der Waals surface area contributed by atoms with Gasteiger partial charge in [-0.2, -0.15) is 9.99 Å². The van der Waals surface area contributed by atoms with Crippen LogP contribution >= 0.6 is 0 Å². The first-order valence-corrected chi connectivity index (χ1v) is 7.99. The Morgan fingerprint density at radius 1 is 1.38 bits per heavy atom. The first kappa shape index (κ1) is 17.7. The van der Waals surface area contributed by atoms with Crippen LogP contribution in [0.2, 0.25) is 0 Å². The predicted octanol–water partition coefficient (Wildman–Crippen LogP) is 1.55. The van der Waals surface area contributed by atoms with Gasteiger partial charge in [-0.15, -0.1) is 0 Å². The molecule has 1 heterocycles. The number of amides is 1. The first-order chi connectivity index (χ1) is 11.4. The van der Waals surface area contributed by atoms with Gasteiger partial charge in [0.1, 0.15) is 5.54 Å². The topological polar surface area (TPSA) is 97.3 Å². The van der Waals surface area contributed by atoms with Crippen LogP contribution < -0.4 is 4.73 Å². The van der Waals surface area contributed by atoms with Crippen LogP contribution in [0.5, 0.6) is 0 Å². The van der Waals surface area contributed by atoms with Gasteiger partial charge in [0.15, 0.2) is 12.3 Å². The largest absolute Gasteiger partial charge is 0.618 e. The van der Waals surface area contributed by atoms with Gasteiger partial charge in [0.2, 0.25) is 0 Å². The molecule has 1 aliphatic rings. The van der Waals surface area contributed by atoms with Crippen molar-refractivity contribution in [2.45, 2.75) is 50.7 Å². The molecule has 0 aromatic carbocycles. The number of carbonyl (C=O) groups excluding carboxylic acids is 2. The maximum Gasteiger partial charge on any atom is 0.405 e. The van der Waals surface area contributed by atoms with Gasteiger partial charge in [-0.1, -0.05) is 19.3 Å². The zero-order valence-corrected chi connectivity index (χ0v) is 13.9. The van der Waals surface area contributed by atoms with E-state index >= 15 is 0 Å². The molecule has 1 atom stereocenters. The first-order valence-electron chi connectivity index (χ1n) is 7.99. The number of pyridine rings is 1. The highest BCUT2D eigenvalue weighted by atomic mass is 16.6. The summed E-state index contributed by atoms with van der Waals surface area (Å²) in [6, 6.07) is 6.62. The van der Waals surface area contributed by atoms with Gasteiger partial charge in [-0.25, -0.2) is 4.79 Å². The fraction of sp³-hybridized carbons (Fsp3) is 0.529. The third kappa shape index (κ3) is 3.48. The maximum absolute atomic E-state index is 12.6. The number of rotatable bonds is 4. The second-order valence-corrected chi connectivity index (χ2v) is 6.06. The minimum atomic E-state index is -1.07. The van der Waals surface area contributed by atoms with Gasteiger partial charge < -0.3 is 14.8 Å². The van der Waals surface area contributed by atoms with Crippen LogP contribution in [0.4, 0.5) is 0 Å². The lowest BCUT2D eigenvalue weighted by Crippen LogP contribution is -2.53. The van der Waals surface area contributed by atoms with Gasteiger partial charge in [-0.05, 0) is 25.8 Å². The molecule has 1 saturated carbocycles. The van der Waals surface area contributed by atoms with Crippen LogP contribution in [0.3, 0.4) is 0 Å². The number of nitriles is 1. The van der Waals surface area contributed by atoms with Crippen molar-refractivity contribution < 1.29 is 19.1 Å². The van der Waals surface area contributed by atoms with Crippen molar-refractivity contribution in [1.82, 2.24) is 4.90 Å². The van der Waals surface area contributed by atoms with E-state index in [-0.39, 0.29) is 5.69 Å². The predicted molar refractivity (Wildman–Crippen MR) is 84.5 cm³/mol. The minimum absolute atomic E-state index is 0.188. The van der Waals surface area contributed by atoms with Crippen molar-refractivity contribution >= 4 is 11.9 Å². The zero-order valence-electron chi connectivity index (χ0n) is 13.9. The Bertz CT molecular complexity index is 662. The van der Waals surface area contributed by atoms with E-state index < -0.39 is 23.5 Å². The van der Waals surface area contributed by atoms with E-state index in [4.69, 9.17) is 4.74 Å². The second-order valence-electron chi connectivity index (χ2n) is 6.06. The van der Waals surface area contributed by atoms with E-state index in [1.807, 2.05) is 0 Å². The third-order valence-corrected chi connectivity index (χ3v) is 4.53. The number of hydrogen-bond acceptors (Lipinski definition) is 5. The van der Waals surface area contributed by atoms with E-state index in [9.17, 15) is 20.1 Å². The summed E-state index contributed by atoms with van der Waals surface area (Å²) in [7, 11) is 1.57. The summed E-state index contributed by atoms with van der Waals surface area (Å²) in [5, 5.41) is 21.1. The normalized spacial score (nSPS) is 17.4. The highest BCUT2D eigenvalue weighted by Gasteiger charge is 2.41. The lowest BCUT2D eigenvalue weighted by molar-refractivity contribution is -0.608. The average molecular weight is 331 g/mol. The molecule has 24 heavy (non-hydrogen) atoms. The number of likely N-dealkylation sites (N-methyl/N-ethyl adjacent to an activating group) is 1. The summed E-state index contributed by atoms with van der Waals surface area (Å²) in [6.45, 7) is 1.45. The molecule has 1 fully saturated rings. The van der Waals surface area contributed by atoms with Crippen molar-refractivity contribution in [2.24, 2.45) is 0 Å². The van der Waals surface area contributed by atoms with E-state index in [1.54, 1.807) is 7.05 Å². The Balaban J connectivity index is 2.07. The standard InChI is InChI=1S/C17H21N3O4/c1-13(24-16(22)14-8-4-7-11-20(14)23)15(21)19(2)17(12-18)9-5-3-6-10-17/h4,7-8,11,13H,3,5-6,9-10H2,1-2H3/t13-/m1/s1. The zero-order chi connectivity index (χ0) is 17.7. The molecular formula is C17H21N3O4. The number of carbonyl (C=O) groups is 2. The number of aromatic nitrogens is 1. The lowest BCUT2D eigenvalue weighted by Gasteiger charge is -2.39. The number of hydrogen-bond donors (Lipinski definition) is 0. The summed E-state index contributed by atoms with van der Waals surface area (Å²) in [6.07, 6.45) is 4.17. The maximum atomic E-state index is 12.6. The molecule has 0 radical (unpaired) electrons. The highest BCUT2D eigenvalue weighted by Crippen LogP contribution is 2.32. The highest BCUT2D eigenvalue weighted by molar-refractivity contribution is 5.89.